The second kappa shape index (κ2) is 8.89. The fourth-order valence-electron chi connectivity index (χ4n) is 1.92. The van der Waals surface area contributed by atoms with E-state index in [1.165, 1.54) is 37.4 Å². The predicted molar refractivity (Wildman–Crippen MR) is 90.1 cm³/mol. The zero-order valence-corrected chi connectivity index (χ0v) is 14.0. The van der Waals surface area contributed by atoms with Crippen LogP contribution in [0.3, 0.4) is 0 Å². The number of carbonyl (C=O) groups is 1. The van der Waals surface area contributed by atoms with E-state index in [1.54, 1.807) is 12.1 Å². The Kier molecular flexibility index (Phi) is 6.60. The number of hydrogen-bond donors (Lipinski definition) is 1. The molecule has 2 aromatic rings. The number of nitrogens with one attached hydrogen (secondary N) is 1. The van der Waals surface area contributed by atoms with E-state index in [0.29, 0.717) is 39.4 Å². The first-order valence-electron chi connectivity index (χ1n) is 7.07. The molecule has 0 atom stereocenters. The Morgan fingerprint density at radius 3 is 2.56 bits per heavy atom. The molecule has 0 aliphatic carbocycles. The van der Waals surface area contributed by atoms with Crippen LogP contribution in [-0.4, -0.2) is 25.4 Å². The Hall–Kier alpha value is -2.79. The number of hydrogen-bond acceptors (Lipinski definition) is 5. The van der Waals surface area contributed by atoms with E-state index in [0.717, 1.165) is 0 Å². The van der Waals surface area contributed by atoms with Gasteiger partial charge in [0.2, 0.25) is 0 Å². The molecular weight excluding hydrogens is 350 g/mol. The molecule has 25 heavy (non-hydrogen) atoms. The maximum Gasteiger partial charge on any atom is 0.288 e. The number of ether oxygens (including phenoxy) is 2. The van der Waals surface area contributed by atoms with Gasteiger partial charge in [0.15, 0.2) is 18.1 Å². The van der Waals surface area contributed by atoms with Crippen LogP contribution in [0.5, 0.6) is 11.5 Å². The summed E-state index contributed by atoms with van der Waals surface area (Å²) in [5, 5.41) is 11.4. The van der Waals surface area contributed by atoms with Gasteiger partial charge < -0.3 is 14.8 Å². The van der Waals surface area contributed by atoms with Gasteiger partial charge in [0.25, 0.3) is 11.7 Å². The summed E-state index contributed by atoms with van der Waals surface area (Å²) in [5.41, 5.74) is 0.884. The lowest BCUT2D eigenvalue weighted by atomic mass is 10.2. The molecule has 0 unspecified atom stereocenters. The molecule has 0 aliphatic rings. The van der Waals surface area contributed by atoms with E-state index in [-0.39, 0.29) is 6.61 Å². The van der Waals surface area contributed by atoms with Gasteiger partial charge >= 0.3 is 0 Å². The first kappa shape index (κ1) is 18.5. The van der Waals surface area contributed by atoms with Gasteiger partial charge in [-0.1, -0.05) is 11.8 Å². The highest BCUT2D eigenvalue weighted by atomic mass is 32.2. The van der Waals surface area contributed by atoms with Gasteiger partial charge in [-0.25, -0.2) is 0 Å². The van der Waals surface area contributed by atoms with Crippen LogP contribution in [0.4, 0.5) is 14.5 Å². The number of thioether (sulfide) groups is 1. The molecule has 0 saturated heterocycles. The molecule has 1 N–H and O–H groups in total. The molecule has 0 saturated carbocycles. The first-order chi connectivity index (χ1) is 12.0. The van der Waals surface area contributed by atoms with Crippen molar-refractivity contribution >= 4 is 23.4 Å². The third kappa shape index (κ3) is 5.65. The lowest BCUT2D eigenvalue weighted by Gasteiger charge is -2.11. The van der Waals surface area contributed by atoms with Gasteiger partial charge in [0.1, 0.15) is 0 Å². The van der Waals surface area contributed by atoms with Crippen LogP contribution in [0.1, 0.15) is 5.56 Å². The molecule has 0 spiro atoms. The number of nitriles is 1. The van der Waals surface area contributed by atoms with Crippen molar-refractivity contribution < 1.29 is 23.0 Å². The smallest absolute Gasteiger partial charge is 0.288 e. The van der Waals surface area contributed by atoms with Crippen LogP contribution in [0.25, 0.3) is 0 Å². The summed E-state index contributed by atoms with van der Waals surface area (Å²) < 4.78 is 35.0. The van der Waals surface area contributed by atoms with E-state index in [4.69, 9.17) is 14.7 Å². The first-order valence-corrected chi connectivity index (χ1v) is 7.95. The van der Waals surface area contributed by atoms with E-state index in [2.05, 4.69) is 5.32 Å². The lowest BCUT2D eigenvalue weighted by Crippen LogP contribution is -2.20. The fourth-order valence-corrected chi connectivity index (χ4v) is 2.42. The fraction of sp³-hybridized carbons (Fsp3) is 0.176. The van der Waals surface area contributed by atoms with Crippen molar-refractivity contribution in [2.75, 3.05) is 19.0 Å². The van der Waals surface area contributed by atoms with E-state index >= 15 is 0 Å². The van der Waals surface area contributed by atoms with Gasteiger partial charge in [0.05, 0.1) is 18.7 Å². The Bertz CT molecular complexity index is 776. The summed E-state index contributed by atoms with van der Waals surface area (Å²) >= 11 is 0.433. The molecule has 0 bridgehead atoms. The number of alkyl halides is 2. The van der Waals surface area contributed by atoms with Gasteiger partial charge in [-0.05, 0) is 36.4 Å². The number of halogens is 2. The maximum atomic E-state index is 12.3. The summed E-state index contributed by atoms with van der Waals surface area (Å²) in [6.07, 6.45) is 0. The number of rotatable bonds is 7. The summed E-state index contributed by atoms with van der Waals surface area (Å²) in [6, 6.07) is 12.6. The van der Waals surface area contributed by atoms with Gasteiger partial charge in [-0.2, -0.15) is 14.0 Å². The zero-order valence-electron chi connectivity index (χ0n) is 13.2. The van der Waals surface area contributed by atoms with E-state index in [9.17, 15) is 13.6 Å². The van der Waals surface area contributed by atoms with Gasteiger partial charge in [0, 0.05) is 16.6 Å². The van der Waals surface area contributed by atoms with Crippen molar-refractivity contribution in [2.24, 2.45) is 0 Å². The van der Waals surface area contributed by atoms with Gasteiger partial charge in [-0.3, -0.25) is 4.79 Å². The van der Waals surface area contributed by atoms with E-state index < -0.39 is 11.7 Å². The van der Waals surface area contributed by atoms with Crippen LogP contribution >= 0.6 is 11.8 Å². The molecule has 0 aromatic heterocycles. The lowest BCUT2D eigenvalue weighted by molar-refractivity contribution is -0.118. The third-order valence-electron chi connectivity index (χ3n) is 3.01. The second-order valence-electron chi connectivity index (χ2n) is 4.72. The Morgan fingerprint density at radius 1 is 1.24 bits per heavy atom. The van der Waals surface area contributed by atoms with Crippen LogP contribution in [0.2, 0.25) is 0 Å². The molecule has 0 heterocycles. The van der Waals surface area contributed by atoms with Crippen molar-refractivity contribution in [3.63, 3.8) is 0 Å². The van der Waals surface area contributed by atoms with Crippen molar-refractivity contribution in [2.45, 2.75) is 10.7 Å². The highest BCUT2D eigenvalue weighted by Crippen LogP contribution is 2.28. The summed E-state index contributed by atoms with van der Waals surface area (Å²) in [5.74, 6) is -2.22. The van der Waals surface area contributed by atoms with Crippen LogP contribution in [-0.2, 0) is 4.79 Å². The molecule has 2 rings (SSSR count). The molecule has 0 aliphatic heterocycles. The standard InChI is InChI=1S/C17H14F2N2O3S/c1-23-15-8-11(9-20)2-7-14(15)24-10-16(22)21-12-3-5-13(6-4-12)25-17(18)19/h2-8,17H,10H2,1H3,(H,21,22). The molecule has 130 valence electrons. The summed E-state index contributed by atoms with van der Waals surface area (Å²) in [7, 11) is 1.43. The summed E-state index contributed by atoms with van der Waals surface area (Å²) in [6.45, 7) is -0.268. The van der Waals surface area contributed by atoms with Crippen molar-refractivity contribution in [3.05, 3.63) is 48.0 Å². The highest BCUT2D eigenvalue weighted by Gasteiger charge is 2.10. The molecule has 0 radical (unpaired) electrons. The van der Waals surface area contributed by atoms with Crippen molar-refractivity contribution in [1.82, 2.24) is 0 Å². The molecule has 5 nitrogen and oxygen atoms in total. The van der Waals surface area contributed by atoms with Gasteiger partial charge in [-0.15, -0.1) is 0 Å². The minimum absolute atomic E-state index is 0.268. The minimum Gasteiger partial charge on any atom is -0.493 e. The normalized spacial score (nSPS) is 10.2. The average Bonchev–Trinajstić information content (AvgIpc) is 2.61. The number of carbonyl (C=O) groups excluding carboxylic acids is 1. The number of nitrogens with zero attached hydrogens (tertiary/aromatic N) is 1. The van der Waals surface area contributed by atoms with Crippen LogP contribution < -0.4 is 14.8 Å². The number of methoxy groups -OCH3 is 1. The molecule has 0 fully saturated rings. The number of anilines is 1. The van der Waals surface area contributed by atoms with Crippen LogP contribution in [0.15, 0.2) is 47.4 Å². The molecular formula is C17H14F2N2O3S. The monoisotopic (exact) mass is 364 g/mol. The largest absolute Gasteiger partial charge is 0.493 e. The maximum absolute atomic E-state index is 12.3. The number of amides is 1. The predicted octanol–water partition coefficient (Wildman–Crippen LogP) is 3.90. The second-order valence-corrected chi connectivity index (χ2v) is 5.78. The SMILES string of the molecule is COc1cc(C#N)ccc1OCC(=O)Nc1ccc(SC(F)F)cc1. The highest BCUT2D eigenvalue weighted by molar-refractivity contribution is 7.99. The Morgan fingerprint density at radius 2 is 1.96 bits per heavy atom. The zero-order chi connectivity index (χ0) is 18.2. The molecule has 8 heteroatoms. The minimum atomic E-state index is -2.49. The van der Waals surface area contributed by atoms with Crippen molar-refractivity contribution in [1.29, 1.82) is 5.26 Å². The Labute approximate surface area is 147 Å². The van der Waals surface area contributed by atoms with E-state index in [1.807, 2.05) is 6.07 Å². The average molecular weight is 364 g/mol. The third-order valence-corrected chi connectivity index (χ3v) is 3.74. The quantitative estimate of drug-likeness (QED) is 0.755. The Balaban J connectivity index is 1.91. The molecule has 1 amide bonds. The van der Waals surface area contributed by atoms with Crippen molar-refractivity contribution in [3.8, 4) is 17.6 Å². The van der Waals surface area contributed by atoms with Crippen LogP contribution in [0, 0.1) is 11.3 Å². The number of benzene rings is 2. The topological polar surface area (TPSA) is 71.3 Å². The molecule has 2 aromatic carbocycles. The summed E-state index contributed by atoms with van der Waals surface area (Å²) in [4.78, 5) is 12.3.